The number of rotatable bonds is 3. The molecule has 2 heterocycles. The van der Waals surface area contributed by atoms with Crippen molar-refractivity contribution in [2.24, 2.45) is 5.73 Å². The van der Waals surface area contributed by atoms with Crippen molar-refractivity contribution in [3.8, 4) is 11.6 Å². The number of ether oxygens (including phenoxy) is 1. The Hall–Kier alpha value is -1.94. The van der Waals surface area contributed by atoms with Crippen molar-refractivity contribution in [1.29, 1.82) is 0 Å². The largest absolute Gasteiger partial charge is 0.437 e. The molecule has 17 heavy (non-hydrogen) atoms. The van der Waals surface area contributed by atoms with Crippen LogP contribution in [0.4, 0.5) is 0 Å². The third-order valence-electron chi connectivity index (χ3n) is 2.50. The van der Waals surface area contributed by atoms with Crippen LogP contribution < -0.4 is 10.5 Å². The van der Waals surface area contributed by atoms with Gasteiger partial charge >= 0.3 is 0 Å². The fourth-order valence-electron chi connectivity index (χ4n) is 1.47. The fraction of sp³-hybridized carbons (Fsp3) is 0.231. The lowest BCUT2D eigenvalue weighted by Gasteiger charge is -2.07. The smallest absolute Gasteiger partial charge is 0.219 e. The number of pyridine rings is 2. The Morgan fingerprint density at radius 1 is 1.18 bits per heavy atom. The normalized spacial score (nSPS) is 10.3. The van der Waals surface area contributed by atoms with E-state index < -0.39 is 0 Å². The molecule has 88 valence electrons. The molecule has 0 unspecified atom stereocenters. The van der Waals surface area contributed by atoms with Gasteiger partial charge in [-0.1, -0.05) is 6.07 Å². The third-order valence-corrected chi connectivity index (χ3v) is 2.50. The van der Waals surface area contributed by atoms with Gasteiger partial charge in [0.1, 0.15) is 5.75 Å². The summed E-state index contributed by atoms with van der Waals surface area (Å²) in [6.07, 6.45) is 1.68. The van der Waals surface area contributed by atoms with Crippen molar-refractivity contribution in [1.82, 2.24) is 9.97 Å². The van der Waals surface area contributed by atoms with E-state index in [0.29, 0.717) is 18.2 Å². The van der Waals surface area contributed by atoms with Gasteiger partial charge in [-0.2, -0.15) is 0 Å². The molecule has 4 heteroatoms. The van der Waals surface area contributed by atoms with Crippen LogP contribution in [-0.4, -0.2) is 9.97 Å². The van der Waals surface area contributed by atoms with E-state index in [1.165, 1.54) is 0 Å². The van der Waals surface area contributed by atoms with Crippen LogP contribution in [0, 0.1) is 13.8 Å². The van der Waals surface area contributed by atoms with Crippen molar-refractivity contribution in [3.63, 3.8) is 0 Å². The second-order valence-electron chi connectivity index (χ2n) is 3.84. The first-order valence-electron chi connectivity index (χ1n) is 5.46. The van der Waals surface area contributed by atoms with Crippen molar-refractivity contribution in [2.75, 3.05) is 0 Å². The lowest BCUT2D eigenvalue weighted by molar-refractivity contribution is 0.458. The van der Waals surface area contributed by atoms with E-state index in [0.717, 1.165) is 17.0 Å². The Balaban J connectivity index is 2.19. The topological polar surface area (TPSA) is 61.0 Å². The van der Waals surface area contributed by atoms with Gasteiger partial charge in [-0.25, -0.2) is 4.98 Å². The Morgan fingerprint density at radius 3 is 2.59 bits per heavy atom. The maximum absolute atomic E-state index is 5.60. The second kappa shape index (κ2) is 4.93. The number of aryl methyl sites for hydroxylation is 2. The molecule has 0 aliphatic carbocycles. The highest BCUT2D eigenvalue weighted by Crippen LogP contribution is 2.19. The van der Waals surface area contributed by atoms with Crippen LogP contribution in [0.1, 0.15) is 17.0 Å². The minimum absolute atomic E-state index is 0.491. The van der Waals surface area contributed by atoms with Crippen LogP contribution in [0.15, 0.2) is 30.5 Å². The molecule has 0 atom stereocenters. The Bertz CT molecular complexity index is 509. The molecule has 0 saturated carbocycles. The molecule has 0 saturated heterocycles. The summed E-state index contributed by atoms with van der Waals surface area (Å²) in [4.78, 5) is 8.49. The van der Waals surface area contributed by atoms with Gasteiger partial charge in [0.25, 0.3) is 0 Å². The molecule has 4 nitrogen and oxygen atoms in total. The molecule has 0 spiro atoms. The summed E-state index contributed by atoms with van der Waals surface area (Å²) in [6, 6.07) is 7.51. The highest BCUT2D eigenvalue weighted by Gasteiger charge is 2.02. The standard InChI is InChI=1S/C13H15N3O/c1-9-3-5-12(8-15-9)17-13-6-4-11(7-14)10(2)16-13/h3-6,8H,7,14H2,1-2H3. The monoisotopic (exact) mass is 229 g/mol. The summed E-state index contributed by atoms with van der Waals surface area (Å²) in [7, 11) is 0. The predicted octanol–water partition coefficient (Wildman–Crippen LogP) is 2.34. The molecule has 0 radical (unpaired) electrons. The summed E-state index contributed by atoms with van der Waals surface area (Å²) >= 11 is 0. The first-order chi connectivity index (χ1) is 8.19. The first kappa shape index (κ1) is 11.5. The lowest BCUT2D eigenvalue weighted by atomic mass is 10.2. The fourth-order valence-corrected chi connectivity index (χ4v) is 1.47. The summed E-state index contributed by atoms with van der Waals surface area (Å²) in [5.41, 5.74) is 8.46. The van der Waals surface area contributed by atoms with E-state index in [2.05, 4.69) is 9.97 Å². The van der Waals surface area contributed by atoms with Crippen LogP contribution in [0.5, 0.6) is 11.6 Å². The molecular weight excluding hydrogens is 214 g/mol. The Morgan fingerprint density at radius 2 is 2.00 bits per heavy atom. The molecule has 0 aliphatic rings. The highest BCUT2D eigenvalue weighted by atomic mass is 16.5. The van der Waals surface area contributed by atoms with Crippen LogP contribution >= 0.6 is 0 Å². The summed E-state index contributed by atoms with van der Waals surface area (Å²) in [5.74, 6) is 1.24. The predicted molar refractivity (Wildman–Crippen MR) is 65.9 cm³/mol. The van der Waals surface area contributed by atoms with Crippen molar-refractivity contribution in [3.05, 3.63) is 47.4 Å². The van der Waals surface area contributed by atoms with Gasteiger partial charge in [0.2, 0.25) is 5.88 Å². The summed E-state index contributed by atoms with van der Waals surface area (Å²) in [5, 5.41) is 0. The van der Waals surface area contributed by atoms with Crippen molar-refractivity contribution >= 4 is 0 Å². The number of nitrogens with zero attached hydrogens (tertiary/aromatic N) is 2. The quantitative estimate of drug-likeness (QED) is 0.877. The minimum atomic E-state index is 0.491. The highest BCUT2D eigenvalue weighted by molar-refractivity contribution is 5.29. The van der Waals surface area contributed by atoms with Gasteiger partial charge in [-0.05, 0) is 31.5 Å². The molecule has 0 amide bonds. The van der Waals surface area contributed by atoms with Gasteiger partial charge in [0.15, 0.2) is 0 Å². The molecular formula is C13H15N3O. The van der Waals surface area contributed by atoms with E-state index in [9.17, 15) is 0 Å². The van der Waals surface area contributed by atoms with Crippen LogP contribution in [0.3, 0.4) is 0 Å². The molecule has 0 bridgehead atoms. The average Bonchev–Trinajstić information content (AvgIpc) is 2.32. The van der Waals surface area contributed by atoms with Gasteiger partial charge < -0.3 is 10.5 Å². The number of nitrogens with two attached hydrogens (primary N) is 1. The van der Waals surface area contributed by atoms with E-state index in [1.807, 2.05) is 38.1 Å². The SMILES string of the molecule is Cc1ccc(Oc2ccc(CN)c(C)n2)cn1. The molecule has 2 N–H and O–H groups in total. The van der Waals surface area contributed by atoms with E-state index in [-0.39, 0.29) is 0 Å². The second-order valence-corrected chi connectivity index (χ2v) is 3.84. The number of hydrogen-bond acceptors (Lipinski definition) is 4. The van der Waals surface area contributed by atoms with Crippen molar-refractivity contribution in [2.45, 2.75) is 20.4 Å². The zero-order chi connectivity index (χ0) is 12.3. The van der Waals surface area contributed by atoms with E-state index >= 15 is 0 Å². The third kappa shape index (κ3) is 2.79. The van der Waals surface area contributed by atoms with Gasteiger partial charge in [-0.15, -0.1) is 0 Å². The van der Waals surface area contributed by atoms with Crippen molar-refractivity contribution < 1.29 is 4.74 Å². The zero-order valence-electron chi connectivity index (χ0n) is 9.97. The molecule has 2 aromatic heterocycles. The van der Waals surface area contributed by atoms with Crippen LogP contribution in [0.25, 0.3) is 0 Å². The Kier molecular flexibility index (Phi) is 3.35. The lowest BCUT2D eigenvalue weighted by Crippen LogP contribution is -2.01. The first-order valence-corrected chi connectivity index (χ1v) is 5.46. The van der Waals surface area contributed by atoms with E-state index in [1.54, 1.807) is 6.20 Å². The molecule has 0 fully saturated rings. The minimum Gasteiger partial charge on any atom is -0.437 e. The number of aromatic nitrogens is 2. The molecule has 0 aromatic carbocycles. The molecule has 2 rings (SSSR count). The van der Waals surface area contributed by atoms with E-state index in [4.69, 9.17) is 10.5 Å². The summed E-state index contributed by atoms with van der Waals surface area (Å²) < 4.78 is 5.60. The van der Waals surface area contributed by atoms with Gasteiger partial charge in [0, 0.05) is 24.0 Å². The average molecular weight is 229 g/mol. The maximum atomic E-state index is 5.60. The zero-order valence-corrected chi connectivity index (χ0v) is 9.97. The van der Waals surface area contributed by atoms with Gasteiger partial charge in [-0.3, -0.25) is 4.98 Å². The molecule has 2 aromatic rings. The maximum Gasteiger partial charge on any atom is 0.219 e. The number of hydrogen-bond donors (Lipinski definition) is 1. The molecule has 0 aliphatic heterocycles. The van der Waals surface area contributed by atoms with Gasteiger partial charge in [0.05, 0.1) is 6.20 Å². The Labute approximate surface area is 100 Å². The summed E-state index contributed by atoms with van der Waals surface area (Å²) in [6.45, 7) is 4.34. The van der Waals surface area contributed by atoms with Crippen LogP contribution in [0.2, 0.25) is 0 Å². The van der Waals surface area contributed by atoms with Crippen LogP contribution in [-0.2, 0) is 6.54 Å².